The summed E-state index contributed by atoms with van der Waals surface area (Å²) in [5.74, 6) is -2.29. The Labute approximate surface area is 154 Å². The van der Waals surface area contributed by atoms with Gasteiger partial charge in [-0.2, -0.15) is 0 Å². The van der Waals surface area contributed by atoms with E-state index in [9.17, 15) is 19.5 Å². The second-order valence-corrected chi connectivity index (χ2v) is 6.13. The molecule has 0 aliphatic heterocycles. The Morgan fingerprint density at radius 2 is 1.85 bits per heavy atom. The highest BCUT2D eigenvalue weighted by Crippen LogP contribution is 2.24. The van der Waals surface area contributed by atoms with E-state index >= 15 is 0 Å². The van der Waals surface area contributed by atoms with Gasteiger partial charge in [0, 0.05) is 10.7 Å². The lowest BCUT2D eigenvalue weighted by molar-refractivity contribution is 0.0314. The molecule has 1 aromatic carbocycles. The van der Waals surface area contributed by atoms with Crippen LogP contribution in [0.15, 0.2) is 18.2 Å². The van der Waals surface area contributed by atoms with Crippen LogP contribution < -0.4 is 0 Å². The van der Waals surface area contributed by atoms with E-state index in [1.165, 1.54) is 32.2 Å². The van der Waals surface area contributed by atoms with E-state index in [2.05, 4.69) is 4.98 Å². The number of rotatable bonds is 5. The van der Waals surface area contributed by atoms with E-state index < -0.39 is 23.8 Å². The van der Waals surface area contributed by atoms with Gasteiger partial charge >= 0.3 is 11.9 Å². The zero-order chi connectivity index (χ0) is 19.6. The summed E-state index contributed by atoms with van der Waals surface area (Å²) in [5, 5.41) is 10.0. The van der Waals surface area contributed by atoms with Crippen molar-refractivity contribution in [2.45, 2.75) is 26.9 Å². The van der Waals surface area contributed by atoms with Crippen molar-refractivity contribution in [2.24, 2.45) is 0 Å². The van der Waals surface area contributed by atoms with Gasteiger partial charge in [0.05, 0.1) is 18.4 Å². The molecule has 1 aromatic heterocycles. The van der Waals surface area contributed by atoms with E-state index in [0.717, 1.165) is 0 Å². The van der Waals surface area contributed by atoms with Gasteiger partial charge in [0.2, 0.25) is 5.78 Å². The molecule has 138 valence electrons. The molecule has 0 aliphatic carbocycles. The number of benzene rings is 1. The normalized spacial score (nSPS) is 11.7. The van der Waals surface area contributed by atoms with Crippen molar-refractivity contribution in [3.63, 3.8) is 0 Å². The number of aryl methyl sites for hydroxylation is 1. The average molecular weight is 380 g/mol. The topological polar surface area (TPSA) is 106 Å². The lowest BCUT2D eigenvalue weighted by Crippen LogP contribution is -2.25. The molecule has 2 aromatic rings. The number of carbonyl (C=O) groups is 3. The molecule has 0 fully saturated rings. The summed E-state index contributed by atoms with van der Waals surface area (Å²) in [7, 11) is 1.25. The summed E-state index contributed by atoms with van der Waals surface area (Å²) in [6.07, 6.45) is -1.14. The lowest BCUT2D eigenvalue weighted by Gasteiger charge is -2.13. The number of hydrogen-bond acceptors (Lipinski definition) is 6. The number of nitrogens with one attached hydrogen (secondary N) is 1. The number of hydrogen-bond donors (Lipinski definition) is 2. The van der Waals surface area contributed by atoms with Crippen LogP contribution in [0, 0.1) is 13.8 Å². The van der Waals surface area contributed by atoms with Gasteiger partial charge in [0.15, 0.2) is 6.10 Å². The number of phenols is 1. The summed E-state index contributed by atoms with van der Waals surface area (Å²) in [6, 6.07) is 3.92. The summed E-state index contributed by atoms with van der Waals surface area (Å²) in [4.78, 5) is 39.4. The highest BCUT2D eigenvalue weighted by molar-refractivity contribution is 6.30. The number of carbonyl (C=O) groups excluding carboxylic acids is 3. The summed E-state index contributed by atoms with van der Waals surface area (Å²) in [6.45, 7) is 4.64. The van der Waals surface area contributed by atoms with Crippen LogP contribution in [0.4, 0.5) is 0 Å². The number of H-pyrrole nitrogens is 1. The maximum atomic E-state index is 12.6. The highest BCUT2D eigenvalue weighted by Gasteiger charge is 2.28. The number of methoxy groups -OCH3 is 1. The van der Waals surface area contributed by atoms with E-state index in [1.54, 1.807) is 13.8 Å². The molecule has 1 unspecified atom stereocenters. The number of phenolic OH excluding ortho intramolecular Hbond substituents is 1. The van der Waals surface area contributed by atoms with Gasteiger partial charge < -0.3 is 19.6 Å². The van der Waals surface area contributed by atoms with Gasteiger partial charge in [-0.15, -0.1) is 0 Å². The first-order chi connectivity index (χ1) is 12.2. The Hall–Kier alpha value is -2.80. The van der Waals surface area contributed by atoms with Crippen LogP contribution in [0.3, 0.4) is 0 Å². The SMILES string of the molecule is COC(=O)c1c(C)[nH]c(C(=O)C(C)OC(=O)c2ccc(Cl)cc2O)c1C. The molecule has 1 heterocycles. The molecule has 0 spiro atoms. The molecule has 0 aliphatic rings. The summed E-state index contributed by atoms with van der Waals surface area (Å²) in [5.41, 5.74) is 1.21. The first kappa shape index (κ1) is 19.5. The lowest BCUT2D eigenvalue weighted by atomic mass is 10.1. The molecule has 0 saturated carbocycles. The summed E-state index contributed by atoms with van der Waals surface area (Å²) < 4.78 is 9.84. The maximum Gasteiger partial charge on any atom is 0.342 e. The first-order valence-electron chi connectivity index (χ1n) is 7.68. The van der Waals surface area contributed by atoms with Crippen molar-refractivity contribution in [3.8, 4) is 5.75 Å². The fourth-order valence-corrected chi connectivity index (χ4v) is 2.73. The van der Waals surface area contributed by atoms with Gasteiger partial charge in [-0.25, -0.2) is 9.59 Å². The highest BCUT2D eigenvalue weighted by atomic mass is 35.5. The smallest absolute Gasteiger partial charge is 0.342 e. The summed E-state index contributed by atoms with van der Waals surface area (Å²) >= 11 is 5.72. The van der Waals surface area contributed by atoms with Crippen LogP contribution in [0.1, 0.15) is 49.4 Å². The Kier molecular flexibility index (Phi) is 5.72. The van der Waals surface area contributed by atoms with E-state index in [4.69, 9.17) is 21.1 Å². The monoisotopic (exact) mass is 379 g/mol. The van der Waals surface area contributed by atoms with Crippen LogP contribution in [0.5, 0.6) is 5.75 Å². The Bertz CT molecular complexity index is 886. The zero-order valence-corrected chi connectivity index (χ0v) is 15.4. The maximum absolute atomic E-state index is 12.6. The molecule has 0 saturated heterocycles. The van der Waals surface area contributed by atoms with Crippen molar-refractivity contribution < 1.29 is 29.0 Å². The minimum absolute atomic E-state index is 0.108. The van der Waals surface area contributed by atoms with Crippen LogP contribution in [0.25, 0.3) is 0 Å². The molecule has 0 radical (unpaired) electrons. The molecule has 2 N–H and O–H groups in total. The van der Waals surface area contributed by atoms with Crippen LogP contribution in [0.2, 0.25) is 5.02 Å². The fraction of sp³-hybridized carbons (Fsp3) is 0.278. The third-order valence-corrected chi connectivity index (χ3v) is 4.14. The number of halogens is 1. The predicted molar refractivity (Wildman–Crippen MR) is 93.9 cm³/mol. The molecule has 2 rings (SSSR count). The van der Waals surface area contributed by atoms with Crippen LogP contribution in [-0.4, -0.2) is 41.0 Å². The number of ketones is 1. The Morgan fingerprint density at radius 3 is 2.42 bits per heavy atom. The van der Waals surface area contributed by atoms with Gasteiger partial charge in [0.25, 0.3) is 0 Å². The van der Waals surface area contributed by atoms with Crippen molar-refractivity contribution >= 4 is 29.3 Å². The van der Waals surface area contributed by atoms with Crippen molar-refractivity contribution in [1.29, 1.82) is 0 Å². The van der Waals surface area contributed by atoms with E-state index in [0.29, 0.717) is 11.3 Å². The number of aromatic hydroxyl groups is 1. The number of aromatic amines is 1. The molecule has 0 amide bonds. The molecule has 26 heavy (non-hydrogen) atoms. The molecule has 0 bridgehead atoms. The quantitative estimate of drug-likeness (QED) is 0.610. The Balaban J connectivity index is 2.22. The van der Waals surface area contributed by atoms with E-state index in [1.807, 2.05) is 0 Å². The molecule has 1 atom stereocenters. The van der Waals surface area contributed by atoms with Gasteiger partial charge in [-0.1, -0.05) is 11.6 Å². The minimum atomic E-state index is -1.14. The van der Waals surface area contributed by atoms with Crippen molar-refractivity contribution in [3.05, 3.63) is 51.3 Å². The number of ether oxygens (including phenoxy) is 2. The minimum Gasteiger partial charge on any atom is -0.507 e. The number of esters is 2. The third-order valence-electron chi connectivity index (χ3n) is 3.91. The van der Waals surface area contributed by atoms with E-state index in [-0.39, 0.29) is 27.6 Å². The average Bonchev–Trinajstić information content (AvgIpc) is 2.87. The van der Waals surface area contributed by atoms with Crippen LogP contribution in [-0.2, 0) is 9.47 Å². The van der Waals surface area contributed by atoms with Crippen molar-refractivity contribution in [1.82, 2.24) is 4.98 Å². The van der Waals surface area contributed by atoms with Crippen molar-refractivity contribution in [2.75, 3.05) is 7.11 Å². The second kappa shape index (κ2) is 7.61. The number of Topliss-reactive ketones (excluding diaryl/α,β-unsaturated/α-hetero) is 1. The number of aromatic nitrogens is 1. The second-order valence-electron chi connectivity index (χ2n) is 5.69. The largest absolute Gasteiger partial charge is 0.507 e. The van der Waals surface area contributed by atoms with Gasteiger partial charge in [0.1, 0.15) is 11.3 Å². The Morgan fingerprint density at radius 1 is 1.19 bits per heavy atom. The molecular formula is C18H18ClNO6. The van der Waals surface area contributed by atoms with Gasteiger partial charge in [-0.05, 0) is 44.5 Å². The van der Waals surface area contributed by atoms with Crippen LogP contribution >= 0.6 is 11.6 Å². The molecular weight excluding hydrogens is 362 g/mol. The zero-order valence-electron chi connectivity index (χ0n) is 14.7. The molecule has 7 nitrogen and oxygen atoms in total. The predicted octanol–water partition coefficient (Wildman–Crippen LogP) is 3.21. The van der Waals surface area contributed by atoms with Gasteiger partial charge in [-0.3, -0.25) is 4.79 Å². The first-order valence-corrected chi connectivity index (χ1v) is 8.06. The third kappa shape index (κ3) is 3.72. The fourth-order valence-electron chi connectivity index (χ4n) is 2.56. The standard InChI is InChI=1S/C18H18ClNO6/c1-8-14(18(24)25-4)9(2)20-15(8)16(22)10(3)26-17(23)12-6-5-11(19)7-13(12)21/h5-7,10,20-21H,1-4H3. The molecule has 8 heteroatoms.